The van der Waals surface area contributed by atoms with Gasteiger partial charge in [-0.1, -0.05) is 32.0 Å². The summed E-state index contributed by atoms with van der Waals surface area (Å²) in [6.07, 6.45) is 0. The Balaban J connectivity index is 3.01. The smallest absolute Gasteiger partial charge is 0.242 e. The number of hydrogen-bond acceptors (Lipinski definition) is 3. The highest BCUT2D eigenvalue weighted by atomic mass is 32.1. The fourth-order valence-electron chi connectivity index (χ4n) is 1.64. The van der Waals surface area contributed by atoms with Crippen LogP contribution >= 0.6 is 12.6 Å². The summed E-state index contributed by atoms with van der Waals surface area (Å²) in [6.45, 7) is 6.18. The second-order valence-electron chi connectivity index (χ2n) is 4.47. The van der Waals surface area contributed by atoms with E-state index < -0.39 is 6.04 Å². The Labute approximate surface area is 108 Å². The minimum atomic E-state index is -0.571. The minimum absolute atomic E-state index is 0.184. The number of aryl methyl sites for hydroxylation is 1. The van der Waals surface area contributed by atoms with E-state index in [4.69, 9.17) is 5.73 Å². The van der Waals surface area contributed by atoms with E-state index in [9.17, 15) is 4.79 Å². The summed E-state index contributed by atoms with van der Waals surface area (Å²) in [5.41, 5.74) is 8.71. The van der Waals surface area contributed by atoms with Gasteiger partial charge in [-0.05, 0) is 24.0 Å². The Morgan fingerprint density at radius 2 is 2.12 bits per heavy atom. The number of thiol groups is 1. The van der Waals surface area contributed by atoms with E-state index in [0.29, 0.717) is 11.7 Å². The Morgan fingerprint density at radius 1 is 1.47 bits per heavy atom. The van der Waals surface area contributed by atoms with E-state index in [2.05, 4.69) is 31.8 Å². The Morgan fingerprint density at radius 3 is 2.65 bits per heavy atom. The van der Waals surface area contributed by atoms with Crippen LogP contribution in [0.15, 0.2) is 18.2 Å². The molecule has 0 radical (unpaired) electrons. The van der Waals surface area contributed by atoms with E-state index >= 15 is 0 Å². The van der Waals surface area contributed by atoms with Crippen molar-refractivity contribution in [1.82, 2.24) is 0 Å². The van der Waals surface area contributed by atoms with Crippen LogP contribution in [-0.4, -0.2) is 17.7 Å². The lowest BCUT2D eigenvalue weighted by atomic mass is 9.98. The van der Waals surface area contributed by atoms with Crippen molar-refractivity contribution in [2.24, 2.45) is 5.73 Å². The summed E-state index contributed by atoms with van der Waals surface area (Å²) in [6, 6.07) is 5.43. The maximum absolute atomic E-state index is 11.8. The molecule has 0 spiro atoms. The molecular weight excluding hydrogens is 232 g/mol. The highest BCUT2D eigenvalue weighted by molar-refractivity contribution is 7.80. The van der Waals surface area contributed by atoms with Crippen molar-refractivity contribution >= 4 is 24.2 Å². The quantitative estimate of drug-likeness (QED) is 0.720. The van der Waals surface area contributed by atoms with Crippen LogP contribution in [0.2, 0.25) is 0 Å². The monoisotopic (exact) mass is 252 g/mol. The second kappa shape index (κ2) is 6.07. The number of nitrogens with one attached hydrogen (secondary N) is 1. The van der Waals surface area contributed by atoms with Gasteiger partial charge in [0.25, 0.3) is 0 Å². The molecule has 0 aliphatic carbocycles. The van der Waals surface area contributed by atoms with Crippen LogP contribution in [0.5, 0.6) is 0 Å². The summed E-state index contributed by atoms with van der Waals surface area (Å²) in [5, 5.41) is 2.90. The van der Waals surface area contributed by atoms with Crippen molar-refractivity contribution in [2.75, 3.05) is 11.1 Å². The second-order valence-corrected chi connectivity index (χ2v) is 4.84. The molecule has 1 atom stereocenters. The molecule has 1 amide bonds. The Kier molecular flexibility index (Phi) is 5.02. The third-order valence-electron chi connectivity index (χ3n) is 2.71. The van der Waals surface area contributed by atoms with Gasteiger partial charge in [0.2, 0.25) is 5.91 Å². The van der Waals surface area contributed by atoms with Crippen molar-refractivity contribution in [1.29, 1.82) is 0 Å². The third-order valence-corrected chi connectivity index (χ3v) is 3.10. The number of hydrogen-bond donors (Lipinski definition) is 3. The van der Waals surface area contributed by atoms with Gasteiger partial charge in [0.05, 0.1) is 6.04 Å². The van der Waals surface area contributed by atoms with E-state index in [1.165, 1.54) is 0 Å². The molecule has 0 aliphatic rings. The standard InChI is InChI=1S/C13H20N2OS/c1-8(2)10-6-4-5-9(3)12(10)15-13(16)11(14)7-17/h4-6,8,11,17H,7,14H2,1-3H3,(H,15,16). The summed E-state index contributed by atoms with van der Waals surface area (Å²) in [5.74, 6) is 0.517. The lowest BCUT2D eigenvalue weighted by Crippen LogP contribution is -2.37. The van der Waals surface area contributed by atoms with Gasteiger partial charge in [-0.15, -0.1) is 0 Å². The topological polar surface area (TPSA) is 55.1 Å². The van der Waals surface area contributed by atoms with Gasteiger partial charge in [0.1, 0.15) is 0 Å². The van der Waals surface area contributed by atoms with Crippen LogP contribution in [0.4, 0.5) is 5.69 Å². The molecule has 4 heteroatoms. The third kappa shape index (κ3) is 3.48. The number of carbonyl (C=O) groups excluding carboxylic acids is 1. The molecule has 0 aromatic heterocycles. The van der Waals surface area contributed by atoms with Crippen LogP contribution in [0.25, 0.3) is 0 Å². The predicted octanol–water partition coefficient (Wildman–Crippen LogP) is 2.31. The van der Waals surface area contributed by atoms with Gasteiger partial charge in [-0.3, -0.25) is 4.79 Å². The number of amides is 1. The largest absolute Gasteiger partial charge is 0.324 e. The molecule has 0 heterocycles. The molecule has 0 saturated heterocycles. The van der Waals surface area contributed by atoms with Crippen LogP contribution in [0.3, 0.4) is 0 Å². The number of para-hydroxylation sites is 1. The minimum Gasteiger partial charge on any atom is -0.324 e. The molecule has 0 saturated carbocycles. The van der Waals surface area contributed by atoms with Crippen LogP contribution in [0, 0.1) is 6.92 Å². The van der Waals surface area contributed by atoms with Gasteiger partial charge in [-0.25, -0.2) is 0 Å². The first kappa shape index (κ1) is 14.1. The molecule has 3 N–H and O–H groups in total. The van der Waals surface area contributed by atoms with E-state index in [0.717, 1.165) is 16.8 Å². The summed E-state index contributed by atoms with van der Waals surface area (Å²) in [7, 11) is 0. The van der Waals surface area contributed by atoms with Crippen molar-refractivity contribution in [3.63, 3.8) is 0 Å². The van der Waals surface area contributed by atoms with Crippen molar-refractivity contribution in [3.05, 3.63) is 29.3 Å². The molecule has 94 valence electrons. The summed E-state index contributed by atoms with van der Waals surface area (Å²) in [4.78, 5) is 11.8. The average molecular weight is 252 g/mol. The van der Waals surface area contributed by atoms with E-state index in [1.54, 1.807) is 0 Å². The van der Waals surface area contributed by atoms with E-state index in [-0.39, 0.29) is 5.91 Å². The molecule has 1 aromatic rings. The van der Waals surface area contributed by atoms with Gasteiger partial charge >= 0.3 is 0 Å². The number of anilines is 1. The zero-order chi connectivity index (χ0) is 13.0. The van der Waals surface area contributed by atoms with Crippen LogP contribution in [0.1, 0.15) is 30.9 Å². The number of nitrogens with two attached hydrogens (primary N) is 1. The molecule has 1 unspecified atom stereocenters. The molecule has 1 aromatic carbocycles. The first-order valence-electron chi connectivity index (χ1n) is 5.74. The van der Waals surface area contributed by atoms with Crippen molar-refractivity contribution < 1.29 is 4.79 Å². The van der Waals surface area contributed by atoms with E-state index in [1.807, 2.05) is 25.1 Å². The molecule has 0 aliphatic heterocycles. The van der Waals surface area contributed by atoms with Crippen molar-refractivity contribution in [2.45, 2.75) is 32.7 Å². The molecule has 0 fully saturated rings. The normalized spacial score (nSPS) is 12.6. The number of rotatable bonds is 4. The average Bonchev–Trinajstić information content (AvgIpc) is 2.30. The van der Waals surface area contributed by atoms with Gasteiger partial charge in [0, 0.05) is 11.4 Å². The van der Waals surface area contributed by atoms with Gasteiger partial charge in [-0.2, -0.15) is 12.6 Å². The lowest BCUT2D eigenvalue weighted by molar-refractivity contribution is -0.116. The van der Waals surface area contributed by atoms with Crippen LogP contribution < -0.4 is 11.1 Å². The summed E-state index contributed by atoms with van der Waals surface area (Å²) >= 11 is 4.03. The highest BCUT2D eigenvalue weighted by Gasteiger charge is 2.15. The number of benzene rings is 1. The summed E-state index contributed by atoms with van der Waals surface area (Å²) < 4.78 is 0. The zero-order valence-corrected chi connectivity index (χ0v) is 11.4. The molecule has 3 nitrogen and oxygen atoms in total. The Bertz CT molecular complexity index is 404. The predicted molar refractivity (Wildman–Crippen MR) is 75.7 cm³/mol. The van der Waals surface area contributed by atoms with Crippen LogP contribution in [-0.2, 0) is 4.79 Å². The molecule has 17 heavy (non-hydrogen) atoms. The van der Waals surface area contributed by atoms with Gasteiger partial charge < -0.3 is 11.1 Å². The first-order chi connectivity index (χ1) is 7.97. The number of carbonyl (C=O) groups is 1. The maximum Gasteiger partial charge on any atom is 0.242 e. The lowest BCUT2D eigenvalue weighted by Gasteiger charge is -2.18. The highest BCUT2D eigenvalue weighted by Crippen LogP contribution is 2.27. The first-order valence-corrected chi connectivity index (χ1v) is 6.37. The molecule has 0 bridgehead atoms. The molecule has 1 rings (SSSR count). The van der Waals surface area contributed by atoms with Gasteiger partial charge in [0.15, 0.2) is 0 Å². The fraction of sp³-hybridized carbons (Fsp3) is 0.462. The Hall–Kier alpha value is -1.000. The zero-order valence-electron chi connectivity index (χ0n) is 10.5. The molecular formula is C13H20N2OS. The fourth-order valence-corrected chi connectivity index (χ4v) is 1.81. The SMILES string of the molecule is Cc1cccc(C(C)C)c1NC(=O)C(N)CS. The van der Waals surface area contributed by atoms with Crippen molar-refractivity contribution in [3.8, 4) is 0 Å². The maximum atomic E-state index is 11.8.